The van der Waals surface area contributed by atoms with Crippen molar-refractivity contribution in [2.24, 2.45) is 11.3 Å². The molecule has 2 N–H and O–H groups in total. The van der Waals surface area contributed by atoms with E-state index in [9.17, 15) is 5.11 Å². The fraction of sp³-hybridized carbons (Fsp3) is 0.667. The number of hydrogen-bond acceptors (Lipinski definition) is 2. The van der Waals surface area contributed by atoms with Gasteiger partial charge in [-0.1, -0.05) is 58.9 Å². The summed E-state index contributed by atoms with van der Waals surface area (Å²) in [7, 11) is 0. The average molecular weight is 277 g/mol. The van der Waals surface area contributed by atoms with Crippen molar-refractivity contribution in [3.05, 3.63) is 35.4 Å². The van der Waals surface area contributed by atoms with Gasteiger partial charge in [0.25, 0.3) is 0 Å². The summed E-state index contributed by atoms with van der Waals surface area (Å²) in [5.41, 5.74) is 2.86. The minimum Gasteiger partial charge on any atom is -0.392 e. The van der Waals surface area contributed by atoms with Crippen LogP contribution in [0.25, 0.3) is 0 Å². The summed E-state index contributed by atoms with van der Waals surface area (Å²) < 4.78 is 0. The van der Waals surface area contributed by atoms with Gasteiger partial charge in [-0.05, 0) is 35.3 Å². The van der Waals surface area contributed by atoms with Crippen LogP contribution in [-0.2, 0) is 13.0 Å². The van der Waals surface area contributed by atoms with Crippen LogP contribution < -0.4 is 5.32 Å². The molecule has 1 unspecified atom stereocenters. The summed E-state index contributed by atoms with van der Waals surface area (Å²) in [5.74, 6) is 0.700. The van der Waals surface area contributed by atoms with Crippen molar-refractivity contribution < 1.29 is 5.11 Å². The van der Waals surface area contributed by atoms with Crippen LogP contribution in [0.15, 0.2) is 24.3 Å². The lowest BCUT2D eigenvalue weighted by atomic mass is 9.89. The number of rotatable bonds is 7. The predicted molar refractivity (Wildman–Crippen MR) is 86.8 cm³/mol. The van der Waals surface area contributed by atoms with E-state index in [4.69, 9.17) is 0 Å². The number of aliphatic hydroxyl groups is 1. The van der Waals surface area contributed by atoms with E-state index in [0.717, 1.165) is 19.4 Å². The van der Waals surface area contributed by atoms with Crippen LogP contribution in [0.5, 0.6) is 0 Å². The standard InChI is InChI=1S/C18H31NO/c1-14(2)10-15-6-8-16(9-7-15)12-19-13-17(20)11-18(3,4)5/h6-9,14,17,19-20H,10-13H2,1-5H3. The molecule has 2 nitrogen and oxygen atoms in total. The van der Waals surface area contributed by atoms with E-state index in [1.54, 1.807) is 0 Å². The molecule has 0 heterocycles. The second kappa shape index (κ2) is 7.80. The molecule has 1 aromatic rings. The molecule has 0 radical (unpaired) electrons. The first kappa shape index (κ1) is 17.2. The van der Waals surface area contributed by atoms with Crippen LogP contribution in [0, 0.1) is 11.3 Å². The topological polar surface area (TPSA) is 32.3 Å². The molecule has 1 atom stereocenters. The largest absolute Gasteiger partial charge is 0.392 e. The molecule has 1 rings (SSSR count). The minimum atomic E-state index is -0.268. The average Bonchev–Trinajstić information content (AvgIpc) is 2.28. The van der Waals surface area contributed by atoms with Gasteiger partial charge in [-0.3, -0.25) is 0 Å². The molecule has 2 heteroatoms. The predicted octanol–water partition coefficient (Wildman–Crippen LogP) is 3.77. The number of hydrogen-bond donors (Lipinski definition) is 2. The smallest absolute Gasteiger partial charge is 0.0669 e. The lowest BCUT2D eigenvalue weighted by Crippen LogP contribution is -2.29. The first-order valence-electron chi connectivity index (χ1n) is 7.73. The Morgan fingerprint density at radius 3 is 2.10 bits per heavy atom. The Hall–Kier alpha value is -0.860. The van der Waals surface area contributed by atoms with E-state index < -0.39 is 0 Å². The van der Waals surface area contributed by atoms with Gasteiger partial charge in [0.2, 0.25) is 0 Å². The van der Waals surface area contributed by atoms with Gasteiger partial charge in [-0.2, -0.15) is 0 Å². The zero-order chi connectivity index (χ0) is 15.2. The first-order valence-corrected chi connectivity index (χ1v) is 7.73. The molecular weight excluding hydrogens is 246 g/mol. The minimum absolute atomic E-state index is 0.180. The van der Waals surface area contributed by atoms with Crippen molar-refractivity contribution in [2.45, 2.75) is 60.1 Å². The first-order chi connectivity index (χ1) is 9.26. The zero-order valence-electron chi connectivity index (χ0n) is 13.7. The Bertz CT molecular complexity index is 375. The highest BCUT2D eigenvalue weighted by atomic mass is 16.3. The molecule has 0 aliphatic carbocycles. The second-order valence-electron chi connectivity index (χ2n) is 7.46. The molecule has 1 aromatic carbocycles. The molecular formula is C18H31NO. The second-order valence-corrected chi connectivity index (χ2v) is 7.46. The highest BCUT2D eigenvalue weighted by Crippen LogP contribution is 2.20. The highest BCUT2D eigenvalue weighted by molar-refractivity contribution is 5.22. The van der Waals surface area contributed by atoms with Gasteiger partial charge in [-0.15, -0.1) is 0 Å². The van der Waals surface area contributed by atoms with Gasteiger partial charge in [0.05, 0.1) is 6.10 Å². The van der Waals surface area contributed by atoms with Crippen LogP contribution in [0.2, 0.25) is 0 Å². The van der Waals surface area contributed by atoms with Crippen molar-refractivity contribution in [3.8, 4) is 0 Å². The van der Waals surface area contributed by atoms with E-state index in [-0.39, 0.29) is 11.5 Å². The highest BCUT2D eigenvalue weighted by Gasteiger charge is 2.16. The third-order valence-corrected chi connectivity index (χ3v) is 3.22. The van der Waals surface area contributed by atoms with E-state index in [1.165, 1.54) is 11.1 Å². The van der Waals surface area contributed by atoms with Gasteiger partial charge in [-0.25, -0.2) is 0 Å². The molecule has 0 aliphatic rings. The van der Waals surface area contributed by atoms with Crippen LogP contribution in [0.1, 0.15) is 52.2 Å². The Morgan fingerprint density at radius 2 is 1.60 bits per heavy atom. The zero-order valence-corrected chi connectivity index (χ0v) is 13.7. The molecule has 0 aromatic heterocycles. The Morgan fingerprint density at radius 1 is 1.05 bits per heavy atom. The summed E-state index contributed by atoms with van der Waals surface area (Å²) >= 11 is 0. The SMILES string of the molecule is CC(C)Cc1ccc(CNCC(O)CC(C)(C)C)cc1. The molecule has 0 aliphatic heterocycles. The quantitative estimate of drug-likeness (QED) is 0.795. The Balaban J connectivity index is 2.32. The Labute approximate surface area is 124 Å². The molecule has 0 saturated carbocycles. The van der Waals surface area contributed by atoms with E-state index >= 15 is 0 Å². The van der Waals surface area contributed by atoms with Crippen molar-refractivity contribution >= 4 is 0 Å². The van der Waals surface area contributed by atoms with E-state index in [0.29, 0.717) is 12.5 Å². The van der Waals surface area contributed by atoms with Crippen LogP contribution in [0.3, 0.4) is 0 Å². The van der Waals surface area contributed by atoms with Gasteiger partial charge < -0.3 is 10.4 Å². The maximum absolute atomic E-state index is 9.94. The van der Waals surface area contributed by atoms with Gasteiger partial charge in [0.1, 0.15) is 0 Å². The third-order valence-electron chi connectivity index (χ3n) is 3.22. The summed E-state index contributed by atoms with van der Waals surface area (Å²) in [6.07, 6.45) is 1.70. The van der Waals surface area contributed by atoms with Crippen molar-refractivity contribution in [3.63, 3.8) is 0 Å². The third kappa shape index (κ3) is 7.66. The molecule has 0 fully saturated rings. The summed E-state index contributed by atoms with van der Waals surface area (Å²) in [4.78, 5) is 0. The van der Waals surface area contributed by atoms with Gasteiger partial charge in [0.15, 0.2) is 0 Å². The fourth-order valence-electron chi connectivity index (χ4n) is 2.43. The fourth-order valence-corrected chi connectivity index (χ4v) is 2.43. The summed E-state index contributed by atoms with van der Waals surface area (Å²) in [6.45, 7) is 12.4. The van der Waals surface area contributed by atoms with Crippen molar-refractivity contribution in [2.75, 3.05) is 6.54 Å². The molecule has 0 amide bonds. The van der Waals surface area contributed by atoms with Crippen LogP contribution in [-0.4, -0.2) is 17.8 Å². The summed E-state index contributed by atoms with van der Waals surface area (Å²) in [6, 6.07) is 8.78. The molecule has 0 spiro atoms. The number of benzene rings is 1. The molecule has 0 bridgehead atoms. The molecule has 114 valence electrons. The van der Waals surface area contributed by atoms with Crippen molar-refractivity contribution in [1.82, 2.24) is 5.32 Å². The maximum Gasteiger partial charge on any atom is 0.0669 e. The molecule has 20 heavy (non-hydrogen) atoms. The van der Waals surface area contributed by atoms with Crippen LogP contribution in [0.4, 0.5) is 0 Å². The summed E-state index contributed by atoms with van der Waals surface area (Å²) in [5, 5.41) is 13.3. The Kier molecular flexibility index (Phi) is 6.70. The number of aliphatic hydroxyl groups excluding tert-OH is 1. The van der Waals surface area contributed by atoms with E-state index in [1.807, 2.05) is 0 Å². The van der Waals surface area contributed by atoms with Crippen LogP contribution >= 0.6 is 0 Å². The van der Waals surface area contributed by atoms with Crippen molar-refractivity contribution in [1.29, 1.82) is 0 Å². The van der Waals surface area contributed by atoms with Gasteiger partial charge in [0, 0.05) is 13.1 Å². The molecule has 0 saturated heterocycles. The lowest BCUT2D eigenvalue weighted by Gasteiger charge is -2.22. The number of nitrogens with one attached hydrogen (secondary N) is 1. The lowest BCUT2D eigenvalue weighted by molar-refractivity contribution is 0.119. The van der Waals surface area contributed by atoms with E-state index in [2.05, 4.69) is 64.2 Å². The maximum atomic E-state index is 9.94. The monoisotopic (exact) mass is 277 g/mol. The normalized spacial score (nSPS) is 13.8. The van der Waals surface area contributed by atoms with Gasteiger partial charge >= 0.3 is 0 Å².